The summed E-state index contributed by atoms with van der Waals surface area (Å²) in [6.07, 6.45) is 0. The fourth-order valence-corrected chi connectivity index (χ4v) is 2.51. The molecule has 21 heavy (non-hydrogen) atoms. The lowest BCUT2D eigenvalue weighted by molar-refractivity contribution is 0.385. The highest BCUT2D eigenvalue weighted by molar-refractivity contribution is 6.32. The summed E-state index contributed by atoms with van der Waals surface area (Å²) in [4.78, 5) is 27.4. The van der Waals surface area contributed by atoms with Crippen molar-refractivity contribution in [3.63, 3.8) is 0 Å². The van der Waals surface area contributed by atoms with E-state index in [9.17, 15) is 9.59 Å². The standard InChI is InChI=1S/C16H19ClN2O2/c1-9(2)11(4)19-15(20)13(14(17)18-16(19)21)12-7-5-6-10(3)8-12/h5-9,11H,1-4H3,(H,18,21). The zero-order valence-electron chi connectivity index (χ0n) is 12.6. The van der Waals surface area contributed by atoms with Gasteiger partial charge in [-0.3, -0.25) is 14.3 Å². The van der Waals surface area contributed by atoms with Crippen molar-refractivity contribution in [1.29, 1.82) is 0 Å². The van der Waals surface area contributed by atoms with Gasteiger partial charge in [0.25, 0.3) is 5.56 Å². The van der Waals surface area contributed by atoms with Crippen molar-refractivity contribution >= 4 is 11.6 Å². The van der Waals surface area contributed by atoms with Gasteiger partial charge in [0.15, 0.2) is 0 Å². The van der Waals surface area contributed by atoms with Gasteiger partial charge in [-0.05, 0) is 25.3 Å². The van der Waals surface area contributed by atoms with Crippen molar-refractivity contribution in [2.75, 3.05) is 0 Å². The van der Waals surface area contributed by atoms with Crippen LogP contribution >= 0.6 is 11.6 Å². The lowest BCUT2D eigenvalue weighted by Crippen LogP contribution is -2.39. The fourth-order valence-electron chi connectivity index (χ4n) is 2.24. The number of halogens is 1. The Bertz CT molecular complexity index is 775. The van der Waals surface area contributed by atoms with Crippen molar-refractivity contribution < 1.29 is 0 Å². The monoisotopic (exact) mass is 306 g/mol. The minimum atomic E-state index is -0.470. The summed E-state index contributed by atoms with van der Waals surface area (Å²) in [7, 11) is 0. The van der Waals surface area contributed by atoms with Gasteiger partial charge in [0.05, 0.1) is 5.56 Å². The summed E-state index contributed by atoms with van der Waals surface area (Å²) in [5, 5.41) is 0.0859. The summed E-state index contributed by atoms with van der Waals surface area (Å²) in [5.41, 5.74) is 1.26. The van der Waals surface area contributed by atoms with E-state index in [2.05, 4.69) is 4.98 Å². The molecule has 0 saturated heterocycles. The minimum Gasteiger partial charge on any atom is -0.297 e. The molecule has 0 fully saturated rings. The number of H-pyrrole nitrogens is 1. The summed E-state index contributed by atoms with van der Waals surface area (Å²) < 4.78 is 1.24. The van der Waals surface area contributed by atoms with E-state index in [1.165, 1.54) is 4.57 Å². The van der Waals surface area contributed by atoms with Crippen LogP contribution in [-0.4, -0.2) is 9.55 Å². The minimum absolute atomic E-state index is 0.0859. The van der Waals surface area contributed by atoms with Crippen LogP contribution in [0, 0.1) is 12.8 Å². The molecular formula is C16H19ClN2O2. The Morgan fingerprint density at radius 3 is 2.43 bits per heavy atom. The Labute approximate surface area is 128 Å². The summed E-state index contributed by atoms with van der Waals surface area (Å²) in [6, 6.07) is 7.30. The van der Waals surface area contributed by atoms with Gasteiger partial charge in [0, 0.05) is 6.04 Å². The molecule has 112 valence electrons. The van der Waals surface area contributed by atoms with Gasteiger partial charge < -0.3 is 0 Å². The van der Waals surface area contributed by atoms with Crippen LogP contribution in [0.15, 0.2) is 33.9 Å². The number of nitrogens with zero attached hydrogens (tertiary/aromatic N) is 1. The Hall–Kier alpha value is -1.81. The molecule has 5 heteroatoms. The van der Waals surface area contributed by atoms with Crippen molar-refractivity contribution in [3.8, 4) is 11.1 Å². The first-order valence-corrected chi connectivity index (χ1v) is 7.32. The SMILES string of the molecule is Cc1cccc(-c2c(Cl)[nH]c(=O)n(C(C)C(C)C)c2=O)c1. The third-order valence-corrected chi connectivity index (χ3v) is 4.05. The molecule has 2 rings (SSSR count). The van der Waals surface area contributed by atoms with Crippen LogP contribution < -0.4 is 11.2 Å². The summed E-state index contributed by atoms with van der Waals surface area (Å²) in [6.45, 7) is 7.74. The van der Waals surface area contributed by atoms with E-state index in [4.69, 9.17) is 11.6 Å². The van der Waals surface area contributed by atoms with E-state index in [1.54, 1.807) is 0 Å². The lowest BCUT2D eigenvalue weighted by atomic mass is 10.0. The first kappa shape index (κ1) is 15.6. The first-order valence-electron chi connectivity index (χ1n) is 6.94. The van der Waals surface area contributed by atoms with Crippen LogP contribution in [0.25, 0.3) is 11.1 Å². The molecule has 0 aliphatic heterocycles. The molecule has 0 amide bonds. The number of nitrogens with one attached hydrogen (secondary N) is 1. The Balaban J connectivity index is 2.77. The smallest absolute Gasteiger partial charge is 0.297 e. The molecule has 1 aromatic carbocycles. The normalized spacial score (nSPS) is 12.7. The maximum absolute atomic E-state index is 12.7. The van der Waals surface area contributed by atoms with Crippen LogP contribution in [0.4, 0.5) is 0 Å². The van der Waals surface area contributed by atoms with Crippen molar-refractivity contribution in [1.82, 2.24) is 9.55 Å². The van der Waals surface area contributed by atoms with Gasteiger partial charge in [-0.25, -0.2) is 4.79 Å². The maximum atomic E-state index is 12.7. The van der Waals surface area contributed by atoms with Crippen molar-refractivity contribution in [2.45, 2.75) is 33.7 Å². The van der Waals surface area contributed by atoms with Crippen LogP contribution in [0.3, 0.4) is 0 Å². The van der Waals surface area contributed by atoms with E-state index in [1.807, 2.05) is 52.0 Å². The molecule has 0 spiro atoms. The zero-order valence-corrected chi connectivity index (χ0v) is 13.4. The molecule has 2 aromatic rings. The van der Waals surface area contributed by atoms with E-state index < -0.39 is 5.69 Å². The third-order valence-electron chi connectivity index (χ3n) is 3.77. The number of benzene rings is 1. The second-order valence-electron chi connectivity index (χ2n) is 5.65. The first-order chi connectivity index (χ1) is 9.82. The fraction of sp³-hybridized carbons (Fsp3) is 0.375. The largest absolute Gasteiger partial charge is 0.329 e. The second kappa shape index (κ2) is 5.90. The lowest BCUT2D eigenvalue weighted by Gasteiger charge is -2.19. The average molecular weight is 307 g/mol. The van der Waals surface area contributed by atoms with Gasteiger partial charge >= 0.3 is 5.69 Å². The second-order valence-corrected chi connectivity index (χ2v) is 6.03. The number of aromatic amines is 1. The zero-order chi connectivity index (χ0) is 15.7. The van der Waals surface area contributed by atoms with Gasteiger partial charge in [-0.15, -0.1) is 0 Å². The van der Waals surface area contributed by atoms with Gasteiger partial charge in [0.1, 0.15) is 5.15 Å². The van der Waals surface area contributed by atoms with E-state index in [-0.39, 0.29) is 22.7 Å². The van der Waals surface area contributed by atoms with E-state index in [0.29, 0.717) is 11.1 Å². The molecule has 0 bridgehead atoms. The highest BCUT2D eigenvalue weighted by Crippen LogP contribution is 2.23. The number of aromatic nitrogens is 2. The number of hydrogen-bond donors (Lipinski definition) is 1. The van der Waals surface area contributed by atoms with Crippen LogP contribution in [-0.2, 0) is 0 Å². The predicted molar refractivity (Wildman–Crippen MR) is 86.1 cm³/mol. The molecule has 0 radical (unpaired) electrons. The molecule has 1 heterocycles. The quantitative estimate of drug-likeness (QED) is 0.884. The molecule has 1 aromatic heterocycles. The molecule has 0 aliphatic rings. The van der Waals surface area contributed by atoms with Crippen LogP contribution in [0.5, 0.6) is 0 Å². The number of rotatable bonds is 3. The van der Waals surface area contributed by atoms with Crippen molar-refractivity contribution in [3.05, 3.63) is 55.8 Å². The molecular weight excluding hydrogens is 288 g/mol. The highest BCUT2D eigenvalue weighted by Gasteiger charge is 2.20. The molecule has 4 nitrogen and oxygen atoms in total. The van der Waals surface area contributed by atoms with Gasteiger partial charge in [-0.2, -0.15) is 0 Å². The van der Waals surface area contributed by atoms with Crippen molar-refractivity contribution in [2.24, 2.45) is 5.92 Å². The summed E-state index contributed by atoms with van der Waals surface area (Å²) in [5.74, 6) is 0.162. The van der Waals surface area contributed by atoms with Crippen LogP contribution in [0.2, 0.25) is 5.15 Å². The highest BCUT2D eigenvalue weighted by atomic mass is 35.5. The Morgan fingerprint density at radius 1 is 1.19 bits per heavy atom. The molecule has 0 saturated carbocycles. The number of aryl methyl sites for hydroxylation is 1. The third kappa shape index (κ3) is 2.95. The topological polar surface area (TPSA) is 54.9 Å². The maximum Gasteiger partial charge on any atom is 0.329 e. The van der Waals surface area contributed by atoms with Gasteiger partial charge in [-0.1, -0.05) is 55.3 Å². The molecule has 1 N–H and O–H groups in total. The van der Waals surface area contributed by atoms with E-state index >= 15 is 0 Å². The van der Waals surface area contributed by atoms with E-state index in [0.717, 1.165) is 5.56 Å². The molecule has 0 aliphatic carbocycles. The van der Waals surface area contributed by atoms with Gasteiger partial charge in [0.2, 0.25) is 0 Å². The van der Waals surface area contributed by atoms with Crippen LogP contribution in [0.1, 0.15) is 32.4 Å². The molecule has 1 atom stereocenters. The molecule has 1 unspecified atom stereocenters. The average Bonchev–Trinajstić information content (AvgIpc) is 2.37. The predicted octanol–water partition coefficient (Wildman–Crippen LogP) is 3.38. The number of hydrogen-bond acceptors (Lipinski definition) is 2. The Morgan fingerprint density at radius 2 is 1.86 bits per heavy atom. The Kier molecular flexibility index (Phi) is 4.37. The summed E-state index contributed by atoms with van der Waals surface area (Å²) >= 11 is 6.11.